The minimum atomic E-state index is 0.342. The quantitative estimate of drug-likeness (QED) is 0.584. The van der Waals surface area contributed by atoms with Crippen LogP contribution in [0.1, 0.15) is 77.6 Å². The molecular weight excluding hydrogens is 336 g/mol. The zero-order valence-corrected chi connectivity index (χ0v) is 17.7. The number of hydrogen-bond acceptors (Lipinski definition) is 3. The second kappa shape index (κ2) is 8.28. The van der Waals surface area contributed by atoms with E-state index in [1.54, 1.807) is 0 Å². The van der Waals surface area contributed by atoms with Gasteiger partial charge in [-0.25, -0.2) is 0 Å². The standard InChI is InChI=1S/C22H40N4O/c1-4-27-20-15-19(22(20)11-6-5-7-12-22)25-21(23-2)24-16-13-17-9-8-10-18(14-16)26(17)3/h16-20H,4-15H2,1-3H3,(H2,23,24,25). The molecule has 2 heterocycles. The van der Waals surface area contributed by atoms with Crippen molar-refractivity contribution in [2.75, 3.05) is 20.7 Å². The van der Waals surface area contributed by atoms with Gasteiger partial charge in [0.05, 0.1) is 6.10 Å². The summed E-state index contributed by atoms with van der Waals surface area (Å²) >= 11 is 0. The molecule has 2 aliphatic carbocycles. The van der Waals surface area contributed by atoms with Crippen LogP contribution in [-0.2, 0) is 4.74 Å². The molecular formula is C22H40N4O. The summed E-state index contributed by atoms with van der Waals surface area (Å²) in [6, 6.07) is 2.59. The van der Waals surface area contributed by atoms with Crippen LogP contribution in [0.15, 0.2) is 4.99 Å². The van der Waals surface area contributed by atoms with Crippen LogP contribution < -0.4 is 10.6 Å². The highest BCUT2D eigenvalue weighted by Crippen LogP contribution is 2.53. The number of fused-ring (bicyclic) bond motifs is 2. The van der Waals surface area contributed by atoms with Crippen molar-refractivity contribution in [2.24, 2.45) is 10.4 Å². The summed E-state index contributed by atoms with van der Waals surface area (Å²) in [5.41, 5.74) is 0.342. The normalized spacial score (nSPS) is 39.1. The molecule has 2 N–H and O–H groups in total. The molecule has 2 aliphatic heterocycles. The van der Waals surface area contributed by atoms with Crippen molar-refractivity contribution in [1.29, 1.82) is 0 Å². The first kappa shape index (κ1) is 19.5. The van der Waals surface area contributed by atoms with Crippen LogP contribution in [0.25, 0.3) is 0 Å². The molecule has 0 aromatic heterocycles. The van der Waals surface area contributed by atoms with Gasteiger partial charge >= 0.3 is 0 Å². The Labute approximate surface area is 165 Å². The van der Waals surface area contributed by atoms with E-state index in [2.05, 4.69) is 34.5 Å². The molecule has 5 heteroatoms. The first-order valence-corrected chi connectivity index (χ1v) is 11.5. The van der Waals surface area contributed by atoms with Gasteiger partial charge in [-0.15, -0.1) is 0 Å². The fourth-order valence-electron chi connectivity index (χ4n) is 6.53. The zero-order chi connectivity index (χ0) is 18.9. The molecule has 0 aromatic rings. The van der Waals surface area contributed by atoms with Crippen molar-refractivity contribution < 1.29 is 4.74 Å². The topological polar surface area (TPSA) is 48.9 Å². The maximum Gasteiger partial charge on any atom is 0.191 e. The molecule has 2 saturated heterocycles. The monoisotopic (exact) mass is 376 g/mol. The number of nitrogens with one attached hydrogen (secondary N) is 2. The molecule has 4 fully saturated rings. The van der Waals surface area contributed by atoms with Gasteiger partial charge in [0.1, 0.15) is 0 Å². The third-order valence-corrected chi connectivity index (χ3v) is 8.15. The lowest BCUT2D eigenvalue weighted by molar-refractivity contribution is -0.145. The first-order valence-electron chi connectivity index (χ1n) is 11.5. The van der Waals surface area contributed by atoms with E-state index in [1.165, 1.54) is 64.2 Å². The average Bonchev–Trinajstić information content (AvgIpc) is 2.67. The Kier molecular flexibility index (Phi) is 5.98. The van der Waals surface area contributed by atoms with Gasteiger partial charge in [0.2, 0.25) is 0 Å². The molecule has 1 spiro atoms. The Morgan fingerprint density at radius 3 is 2.37 bits per heavy atom. The lowest BCUT2D eigenvalue weighted by Crippen LogP contribution is -2.67. The second-order valence-corrected chi connectivity index (χ2v) is 9.46. The Hall–Kier alpha value is -0.810. The van der Waals surface area contributed by atoms with Crippen molar-refractivity contribution in [3.05, 3.63) is 0 Å². The minimum absolute atomic E-state index is 0.342. The number of rotatable bonds is 4. The summed E-state index contributed by atoms with van der Waals surface area (Å²) in [7, 11) is 4.25. The van der Waals surface area contributed by atoms with E-state index >= 15 is 0 Å². The zero-order valence-electron chi connectivity index (χ0n) is 17.7. The van der Waals surface area contributed by atoms with Crippen LogP contribution in [0.2, 0.25) is 0 Å². The SMILES string of the molecule is CCOC1CC(NC(=NC)NC2CC3CCCC(C2)N3C)C12CCCCC2. The van der Waals surface area contributed by atoms with E-state index in [0.29, 0.717) is 23.6 Å². The predicted molar refractivity (Wildman–Crippen MR) is 111 cm³/mol. The largest absolute Gasteiger partial charge is 0.378 e. The number of piperidine rings is 2. The molecule has 4 aliphatic rings. The summed E-state index contributed by atoms with van der Waals surface area (Å²) in [4.78, 5) is 7.24. The molecule has 4 unspecified atom stereocenters. The van der Waals surface area contributed by atoms with E-state index < -0.39 is 0 Å². The van der Waals surface area contributed by atoms with E-state index in [4.69, 9.17) is 4.74 Å². The number of aliphatic imine (C=N–C) groups is 1. The Balaban J connectivity index is 1.36. The van der Waals surface area contributed by atoms with Crippen LogP contribution in [-0.4, -0.2) is 61.8 Å². The van der Waals surface area contributed by atoms with E-state index in [0.717, 1.165) is 31.1 Å². The maximum atomic E-state index is 6.12. The van der Waals surface area contributed by atoms with Crippen LogP contribution in [0.3, 0.4) is 0 Å². The van der Waals surface area contributed by atoms with Gasteiger partial charge in [0.25, 0.3) is 0 Å². The van der Waals surface area contributed by atoms with E-state index in [1.807, 2.05) is 7.05 Å². The van der Waals surface area contributed by atoms with Gasteiger partial charge in [-0.1, -0.05) is 25.7 Å². The highest BCUT2D eigenvalue weighted by atomic mass is 16.5. The minimum Gasteiger partial charge on any atom is -0.378 e. The number of ether oxygens (including phenoxy) is 1. The lowest BCUT2D eigenvalue weighted by Gasteiger charge is -2.58. The summed E-state index contributed by atoms with van der Waals surface area (Å²) in [6.45, 7) is 2.97. The maximum absolute atomic E-state index is 6.12. The molecule has 2 bridgehead atoms. The van der Waals surface area contributed by atoms with Crippen molar-refractivity contribution in [1.82, 2.24) is 15.5 Å². The lowest BCUT2D eigenvalue weighted by atomic mass is 9.55. The van der Waals surface area contributed by atoms with Crippen molar-refractivity contribution in [2.45, 2.75) is 108 Å². The van der Waals surface area contributed by atoms with E-state index in [9.17, 15) is 0 Å². The molecule has 154 valence electrons. The summed E-state index contributed by atoms with van der Waals surface area (Å²) in [5, 5.41) is 7.62. The fraction of sp³-hybridized carbons (Fsp3) is 0.955. The van der Waals surface area contributed by atoms with E-state index in [-0.39, 0.29) is 0 Å². The van der Waals surface area contributed by atoms with Crippen LogP contribution in [0, 0.1) is 5.41 Å². The third-order valence-electron chi connectivity index (χ3n) is 8.15. The smallest absolute Gasteiger partial charge is 0.191 e. The Bertz CT molecular complexity index is 516. The molecule has 0 amide bonds. The van der Waals surface area contributed by atoms with Gasteiger partial charge in [-0.3, -0.25) is 4.99 Å². The number of guanidine groups is 1. The molecule has 5 nitrogen and oxygen atoms in total. The first-order chi connectivity index (χ1) is 13.2. The highest BCUT2D eigenvalue weighted by Gasteiger charge is 2.56. The Morgan fingerprint density at radius 1 is 1.04 bits per heavy atom. The predicted octanol–water partition coefficient (Wildman–Crippen LogP) is 3.29. The van der Waals surface area contributed by atoms with Crippen LogP contribution in [0.4, 0.5) is 0 Å². The van der Waals surface area contributed by atoms with Gasteiger partial charge in [0, 0.05) is 43.2 Å². The summed E-state index contributed by atoms with van der Waals surface area (Å²) in [6.07, 6.45) is 14.9. The van der Waals surface area contributed by atoms with Gasteiger partial charge in [0.15, 0.2) is 5.96 Å². The molecule has 4 rings (SSSR count). The van der Waals surface area contributed by atoms with Crippen molar-refractivity contribution in [3.8, 4) is 0 Å². The highest BCUT2D eigenvalue weighted by molar-refractivity contribution is 5.80. The summed E-state index contributed by atoms with van der Waals surface area (Å²) < 4.78 is 6.12. The van der Waals surface area contributed by atoms with Crippen molar-refractivity contribution in [3.63, 3.8) is 0 Å². The van der Waals surface area contributed by atoms with Gasteiger partial charge in [-0.05, 0) is 58.9 Å². The number of hydrogen-bond donors (Lipinski definition) is 2. The van der Waals surface area contributed by atoms with Crippen LogP contribution in [0.5, 0.6) is 0 Å². The second-order valence-electron chi connectivity index (χ2n) is 9.46. The van der Waals surface area contributed by atoms with Gasteiger partial charge < -0.3 is 20.3 Å². The van der Waals surface area contributed by atoms with Gasteiger partial charge in [-0.2, -0.15) is 0 Å². The molecule has 0 radical (unpaired) electrons. The molecule has 4 atom stereocenters. The summed E-state index contributed by atoms with van der Waals surface area (Å²) in [5.74, 6) is 1.02. The molecule has 2 saturated carbocycles. The fourth-order valence-corrected chi connectivity index (χ4v) is 6.53. The molecule has 0 aromatic carbocycles. The van der Waals surface area contributed by atoms with Crippen LogP contribution >= 0.6 is 0 Å². The third kappa shape index (κ3) is 3.74. The van der Waals surface area contributed by atoms with Crippen molar-refractivity contribution >= 4 is 5.96 Å². The number of nitrogens with zero attached hydrogens (tertiary/aromatic N) is 2. The average molecular weight is 377 g/mol. The Morgan fingerprint density at radius 2 is 1.74 bits per heavy atom. The molecule has 27 heavy (non-hydrogen) atoms.